The Balaban J connectivity index is 2.26. The number of aliphatic hydroxyl groups excluding tert-OH is 1. The van der Waals surface area contributed by atoms with Crippen molar-refractivity contribution in [3.05, 3.63) is 18.0 Å². The minimum Gasteiger partial charge on any atom is -0.390 e. The van der Waals surface area contributed by atoms with Crippen LogP contribution in [0.15, 0.2) is 17.2 Å². The van der Waals surface area contributed by atoms with Crippen molar-refractivity contribution < 1.29 is 13.5 Å². The van der Waals surface area contributed by atoms with Gasteiger partial charge in [-0.05, 0) is 24.8 Å². The Morgan fingerprint density at radius 1 is 1.50 bits per heavy atom. The van der Waals surface area contributed by atoms with Gasteiger partial charge in [-0.1, -0.05) is 6.92 Å². The molecule has 6 heteroatoms. The Hall–Kier alpha value is -0.850. The first-order valence-corrected chi connectivity index (χ1v) is 7.69. The van der Waals surface area contributed by atoms with Gasteiger partial charge in [-0.15, -0.1) is 0 Å². The average molecular weight is 272 g/mol. The average Bonchev–Trinajstić information content (AvgIpc) is 3.07. The summed E-state index contributed by atoms with van der Waals surface area (Å²) in [6.07, 6.45) is 3.82. The predicted molar refractivity (Wildman–Crippen MR) is 68.5 cm³/mol. The topological polar surface area (TPSA) is 62.5 Å². The molecule has 1 aliphatic carbocycles. The smallest absolute Gasteiger partial charge is 0.244 e. The number of rotatable bonds is 6. The van der Waals surface area contributed by atoms with E-state index < -0.39 is 10.0 Å². The van der Waals surface area contributed by atoms with Crippen LogP contribution in [-0.4, -0.2) is 35.5 Å². The van der Waals surface area contributed by atoms with Crippen LogP contribution in [0.5, 0.6) is 0 Å². The highest BCUT2D eigenvalue weighted by Crippen LogP contribution is 2.31. The lowest BCUT2D eigenvalue weighted by molar-refractivity contribution is 0.272. The summed E-state index contributed by atoms with van der Waals surface area (Å²) in [5.41, 5.74) is 0.607. The van der Waals surface area contributed by atoms with Gasteiger partial charge in [-0.25, -0.2) is 8.42 Å². The second-order valence-corrected chi connectivity index (χ2v) is 6.77. The lowest BCUT2D eigenvalue weighted by Crippen LogP contribution is -2.32. The van der Waals surface area contributed by atoms with E-state index in [0.29, 0.717) is 24.7 Å². The maximum Gasteiger partial charge on any atom is 0.244 e. The Morgan fingerprint density at radius 3 is 2.61 bits per heavy atom. The number of sulfonamides is 1. The van der Waals surface area contributed by atoms with Crippen molar-refractivity contribution in [3.8, 4) is 0 Å². The first-order chi connectivity index (χ1) is 8.48. The lowest BCUT2D eigenvalue weighted by Gasteiger charge is -2.19. The monoisotopic (exact) mass is 272 g/mol. The van der Waals surface area contributed by atoms with Gasteiger partial charge in [0.25, 0.3) is 0 Å². The Kier molecular flexibility index (Phi) is 3.79. The van der Waals surface area contributed by atoms with Crippen LogP contribution in [0.3, 0.4) is 0 Å². The molecule has 0 spiro atoms. The Bertz CT molecular complexity index is 517. The van der Waals surface area contributed by atoms with Crippen molar-refractivity contribution in [2.24, 2.45) is 13.0 Å². The largest absolute Gasteiger partial charge is 0.390 e. The third-order valence-corrected chi connectivity index (χ3v) is 5.30. The number of hydrogen-bond acceptors (Lipinski definition) is 3. The van der Waals surface area contributed by atoms with E-state index in [2.05, 4.69) is 0 Å². The second kappa shape index (κ2) is 5.03. The van der Waals surface area contributed by atoms with E-state index in [4.69, 9.17) is 5.11 Å². The molecular weight excluding hydrogens is 252 g/mol. The van der Waals surface area contributed by atoms with E-state index in [0.717, 1.165) is 12.8 Å². The van der Waals surface area contributed by atoms with Crippen molar-refractivity contribution >= 4 is 10.0 Å². The fourth-order valence-corrected chi connectivity index (χ4v) is 3.63. The fourth-order valence-electron chi connectivity index (χ4n) is 2.01. The van der Waals surface area contributed by atoms with Gasteiger partial charge in [0.2, 0.25) is 10.0 Å². The zero-order valence-corrected chi connectivity index (χ0v) is 11.7. The number of nitrogens with zero attached hydrogens (tertiary/aromatic N) is 2. The summed E-state index contributed by atoms with van der Waals surface area (Å²) in [6, 6.07) is 1.55. The molecule has 0 saturated heterocycles. The fraction of sp³-hybridized carbons (Fsp3) is 0.667. The summed E-state index contributed by atoms with van der Waals surface area (Å²) in [7, 11) is -1.68. The van der Waals surface area contributed by atoms with Crippen LogP contribution >= 0.6 is 0 Å². The minimum atomic E-state index is -3.42. The van der Waals surface area contributed by atoms with Crippen molar-refractivity contribution in [2.75, 3.05) is 13.1 Å². The van der Waals surface area contributed by atoms with Crippen molar-refractivity contribution in [1.29, 1.82) is 0 Å². The first-order valence-electron chi connectivity index (χ1n) is 6.25. The molecule has 1 N–H and O–H groups in total. The van der Waals surface area contributed by atoms with Gasteiger partial charge >= 0.3 is 0 Å². The predicted octanol–water partition coefficient (Wildman–Crippen LogP) is 0.938. The van der Waals surface area contributed by atoms with Crippen LogP contribution in [0.2, 0.25) is 0 Å². The summed E-state index contributed by atoms with van der Waals surface area (Å²) in [6.45, 7) is 2.81. The number of aromatic nitrogens is 1. The van der Waals surface area contributed by atoms with Gasteiger partial charge in [-0.2, -0.15) is 4.31 Å². The van der Waals surface area contributed by atoms with Crippen molar-refractivity contribution in [3.63, 3.8) is 0 Å². The summed E-state index contributed by atoms with van der Waals surface area (Å²) < 4.78 is 28.1. The molecular formula is C12H20N2O3S. The zero-order valence-electron chi connectivity index (χ0n) is 10.8. The lowest BCUT2D eigenvalue weighted by atomic mass is 10.4. The van der Waals surface area contributed by atoms with Crippen molar-refractivity contribution in [1.82, 2.24) is 8.87 Å². The summed E-state index contributed by atoms with van der Waals surface area (Å²) in [4.78, 5) is 0.275. The molecule has 1 aromatic rings. The van der Waals surface area contributed by atoms with Gasteiger partial charge in [0, 0.05) is 32.0 Å². The minimum absolute atomic E-state index is 0.152. The molecule has 0 aromatic carbocycles. The third kappa shape index (κ3) is 2.60. The molecule has 1 heterocycles. The highest BCUT2D eigenvalue weighted by atomic mass is 32.2. The second-order valence-electron chi connectivity index (χ2n) is 4.84. The van der Waals surface area contributed by atoms with Crippen LogP contribution in [0.4, 0.5) is 0 Å². The third-order valence-electron chi connectivity index (χ3n) is 3.39. The SMILES string of the molecule is CCN(CC1CC1)S(=O)(=O)c1cc(CO)n(C)c1. The van der Waals surface area contributed by atoms with E-state index in [1.807, 2.05) is 6.92 Å². The van der Waals surface area contributed by atoms with Crippen LogP contribution in [0, 0.1) is 5.92 Å². The molecule has 102 valence electrons. The van der Waals surface area contributed by atoms with E-state index in [1.165, 1.54) is 4.31 Å². The highest BCUT2D eigenvalue weighted by molar-refractivity contribution is 7.89. The van der Waals surface area contributed by atoms with E-state index in [-0.39, 0.29) is 11.5 Å². The van der Waals surface area contributed by atoms with Gasteiger partial charge < -0.3 is 9.67 Å². The summed E-state index contributed by atoms with van der Waals surface area (Å²) in [5, 5.41) is 9.12. The molecule has 0 bridgehead atoms. The first kappa shape index (κ1) is 13.6. The van der Waals surface area contributed by atoms with E-state index in [9.17, 15) is 8.42 Å². The van der Waals surface area contributed by atoms with E-state index >= 15 is 0 Å². The maximum atomic E-state index is 12.4. The summed E-state index contributed by atoms with van der Waals surface area (Å²) in [5.74, 6) is 0.528. The molecule has 0 unspecified atom stereocenters. The molecule has 2 rings (SSSR count). The molecule has 0 aliphatic heterocycles. The standard InChI is InChI=1S/C12H20N2O3S/c1-3-14(7-10-4-5-10)18(16,17)12-6-11(9-15)13(2)8-12/h6,8,10,15H,3-5,7,9H2,1-2H3. The normalized spacial score (nSPS) is 16.4. The molecule has 1 saturated carbocycles. The number of aryl methyl sites for hydroxylation is 1. The van der Waals surface area contributed by atoms with Crippen LogP contribution in [0.25, 0.3) is 0 Å². The van der Waals surface area contributed by atoms with Crippen LogP contribution < -0.4 is 0 Å². The van der Waals surface area contributed by atoms with Gasteiger partial charge in [0.15, 0.2) is 0 Å². The zero-order chi connectivity index (χ0) is 13.3. The van der Waals surface area contributed by atoms with Crippen LogP contribution in [0.1, 0.15) is 25.5 Å². The summed E-state index contributed by atoms with van der Waals surface area (Å²) >= 11 is 0. The molecule has 0 atom stereocenters. The molecule has 0 radical (unpaired) electrons. The Morgan fingerprint density at radius 2 is 2.17 bits per heavy atom. The van der Waals surface area contributed by atoms with Crippen molar-refractivity contribution in [2.45, 2.75) is 31.3 Å². The van der Waals surface area contributed by atoms with Gasteiger partial charge in [-0.3, -0.25) is 0 Å². The van der Waals surface area contributed by atoms with Crippen LogP contribution in [-0.2, 0) is 23.7 Å². The number of aliphatic hydroxyl groups is 1. The molecule has 0 amide bonds. The van der Waals surface area contributed by atoms with Gasteiger partial charge in [0.1, 0.15) is 4.90 Å². The maximum absolute atomic E-state index is 12.4. The Labute approximate surface area is 108 Å². The molecule has 18 heavy (non-hydrogen) atoms. The van der Waals surface area contributed by atoms with E-state index in [1.54, 1.807) is 23.9 Å². The number of hydrogen-bond donors (Lipinski definition) is 1. The quantitative estimate of drug-likeness (QED) is 0.838. The molecule has 5 nitrogen and oxygen atoms in total. The van der Waals surface area contributed by atoms with Gasteiger partial charge in [0.05, 0.1) is 6.61 Å². The molecule has 1 aromatic heterocycles. The molecule has 1 aliphatic rings. The highest BCUT2D eigenvalue weighted by Gasteiger charge is 2.31. The molecule has 1 fully saturated rings.